The Morgan fingerprint density at radius 1 is 1.03 bits per heavy atom. The normalized spacial score (nSPS) is 11.3. The van der Waals surface area contributed by atoms with E-state index in [9.17, 15) is 9.18 Å². The van der Waals surface area contributed by atoms with Gasteiger partial charge in [-0.2, -0.15) is 0 Å². The first-order valence-corrected chi connectivity index (χ1v) is 10.5. The Kier molecular flexibility index (Phi) is 6.69. The highest BCUT2D eigenvalue weighted by Gasteiger charge is 2.18. The first-order valence-electron chi connectivity index (χ1n) is 9.50. The number of hydrogen-bond donors (Lipinski definition) is 1. The van der Waals surface area contributed by atoms with Gasteiger partial charge in [0.15, 0.2) is 0 Å². The maximum Gasteiger partial charge on any atom is 0.277 e. The number of amides is 1. The van der Waals surface area contributed by atoms with E-state index in [0.717, 1.165) is 28.6 Å². The van der Waals surface area contributed by atoms with Gasteiger partial charge >= 0.3 is 0 Å². The predicted molar refractivity (Wildman–Crippen MR) is 114 cm³/mol. The van der Waals surface area contributed by atoms with E-state index >= 15 is 0 Å². The summed E-state index contributed by atoms with van der Waals surface area (Å²) in [6, 6.07) is 12.3. The molecule has 0 atom stereocenters. The smallest absolute Gasteiger partial charge is 0.277 e. The van der Waals surface area contributed by atoms with Gasteiger partial charge in [-0.15, -0.1) is 10.2 Å². The van der Waals surface area contributed by atoms with Crippen molar-refractivity contribution in [3.63, 3.8) is 0 Å². The number of rotatable bonds is 7. The molecule has 0 aliphatic heterocycles. The Labute approximate surface area is 174 Å². The molecule has 7 heteroatoms. The average molecular weight is 414 g/mol. The first kappa shape index (κ1) is 21.0. The zero-order chi connectivity index (χ0) is 21.0. The highest BCUT2D eigenvalue weighted by Crippen LogP contribution is 2.33. The minimum atomic E-state index is -0.433. The molecule has 1 heterocycles. The molecule has 29 heavy (non-hydrogen) atoms. The minimum Gasteiger partial charge on any atom is -0.411 e. The van der Waals surface area contributed by atoms with Gasteiger partial charge in [0, 0.05) is 5.69 Å². The standard InChI is InChI=1S/C22H24FN3O2S/c1-13(2)15-9-7-10-16(14(3)4)20(15)24-19(27)12-29-22-26-25-21(28-22)17-8-5-6-11-18(17)23/h5-11,13-14H,12H2,1-4H3,(H,24,27). The summed E-state index contributed by atoms with van der Waals surface area (Å²) in [7, 11) is 0. The quantitative estimate of drug-likeness (QED) is 0.492. The number of carbonyl (C=O) groups is 1. The third-order valence-electron chi connectivity index (χ3n) is 4.47. The summed E-state index contributed by atoms with van der Waals surface area (Å²) in [5, 5.41) is 11.1. The molecule has 0 unspecified atom stereocenters. The minimum absolute atomic E-state index is 0.0956. The Bertz CT molecular complexity index is 975. The Hall–Kier alpha value is -2.67. The second kappa shape index (κ2) is 9.22. The van der Waals surface area contributed by atoms with Gasteiger partial charge in [0.2, 0.25) is 5.91 Å². The summed E-state index contributed by atoms with van der Waals surface area (Å²) in [4.78, 5) is 12.6. The van der Waals surface area contributed by atoms with Crippen LogP contribution in [-0.4, -0.2) is 21.9 Å². The summed E-state index contributed by atoms with van der Waals surface area (Å²) in [6.45, 7) is 8.41. The van der Waals surface area contributed by atoms with Crippen molar-refractivity contribution in [1.29, 1.82) is 0 Å². The van der Waals surface area contributed by atoms with Crippen LogP contribution < -0.4 is 5.32 Å². The fraction of sp³-hybridized carbons (Fsp3) is 0.318. The van der Waals surface area contributed by atoms with Gasteiger partial charge in [-0.25, -0.2) is 4.39 Å². The third-order valence-corrected chi connectivity index (χ3v) is 5.29. The van der Waals surface area contributed by atoms with E-state index in [1.54, 1.807) is 18.2 Å². The second-order valence-corrected chi connectivity index (χ2v) is 8.24. The number of para-hydroxylation sites is 1. The molecule has 3 aromatic rings. The molecule has 0 saturated carbocycles. The summed E-state index contributed by atoms with van der Waals surface area (Å²) >= 11 is 1.12. The van der Waals surface area contributed by atoms with Crippen molar-refractivity contribution in [1.82, 2.24) is 10.2 Å². The molecule has 1 aromatic heterocycles. The number of thioether (sulfide) groups is 1. The molecule has 0 fully saturated rings. The SMILES string of the molecule is CC(C)c1cccc(C(C)C)c1NC(=O)CSc1nnc(-c2ccccc2F)o1. The van der Waals surface area contributed by atoms with Crippen LogP contribution in [0.15, 0.2) is 52.1 Å². The fourth-order valence-corrected chi connectivity index (χ4v) is 3.57. The van der Waals surface area contributed by atoms with Crippen molar-refractivity contribution in [2.75, 3.05) is 11.1 Å². The molecule has 1 N–H and O–H groups in total. The largest absolute Gasteiger partial charge is 0.411 e. The average Bonchev–Trinajstić information content (AvgIpc) is 3.15. The predicted octanol–water partition coefficient (Wildman–Crippen LogP) is 5.85. The van der Waals surface area contributed by atoms with E-state index in [0.29, 0.717) is 0 Å². The van der Waals surface area contributed by atoms with E-state index in [1.165, 1.54) is 6.07 Å². The Balaban J connectivity index is 1.69. The van der Waals surface area contributed by atoms with Crippen molar-refractivity contribution in [3.05, 3.63) is 59.4 Å². The van der Waals surface area contributed by atoms with Crippen LogP contribution in [0.5, 0.6) is 0 Å². The molecule has 2 aromatic carbocycles. The fourth-order valence-electron chi connectivity index (χ4n) is 3.01. The monoisotopic (exact) mass is 413 g/mol. The number of carbonyl (C=O) groups excluding carboxylic acids is 1. The van der Waals surface area contributed by atoms with Crippen LogP contribution in [0.4, 0.5) is 10.1 Å². The van der Waals surface area contributed by atoms with Crippen molar-refractivity contribution in [3.8, 4) is 11.5 Å². The maximum atomic E-state index is 13.8. The van der Waals surface area contributed by atoms with Crippen LogP contribution in [0.3, 0.4) is 0 Å². The van der Waals surface area contributed by atoms with Crippen molar-refractivity contribution >= 4 is 23.4 Å². The number of nitrogens with one attached hydrogen (secondary N) is 1. The highest BCUT2D eigenvalue weighted by molar-refractivity contribution is 7.99. The van der Waals surface area contributed by atoms with E-state index in [2.05, 4.69) is 43.2 Å². The summed E-state index contributed by atoms with van der Waals surface area (Å²) < 4.78 is 19.3. The zero-order valence-electron chi connectivity index (χ0n) is 16.9. The van der Waals surface area contributed by atoms with E-state index in [4.69, 9.17) is 4.42 Å². The van der Waals surface area contributed by atoms with Gasteiger partial charge in [0.05, 0.1) is 11.3 Å². The van der Waals surface area contributed by atoms with Crippen molar-refractivity contribution in [2.45, 2.75) is 44.8 Å². The first-order chi connectivity index (χ1) is 13.9. The summed E-state index contributed by atoms with van der Waals surface area (Å²) in [5.41, 5.74) is 3.33. The molecule has 5 nitrogen and oxygen atoms in total. The lowest BCUT2D eigenvalue weighted by molar-refractivity contribution is -0.113. The molecule has 0 bridgehead atoms. The molecule has 0 radical (unpaired) electrons. The Morgan fingerprint density at radius 3 is 2.31 bits per heavy atom. The van der Waals surface area contributed by atoms with Crippen LogP contribution >= 0.6 is 11.8 Å². The molecule has 0 saturated heterocycles. The van der Waals surface area contributed by atoms with Gasteiger partial charge in [-0.05, 0) is 35.1 Å². The number of hydrogen-bond acceptors (Lipinski definition) is 5. The molecule has 3 rings (SSSR count). The van der Waals surface area contributed by atoms with E-state index < -0.39 is 5.82 Å². The second-order valence-electron chi connectivity index (χ2n) is 7.31. The number of aromatic nitrogens is 2. The summed E-state index contributed by atoms with van der Waals surface area (Å²) in [5.74, 6) is 0.195. The molecule has 0 aliphatic rings. The van der Waals surface area contributed by atoms with Crippen molar-refractivity contribution in [2.24, 2.45) is 0 Å². The van der Waals surface area contributed by atoms with Gasteiger partial charge in [-0.1, -0.05) is 69.8 Å². The van der Waals surface area contributed by atoms with E-state index in [-0.39, 0.29) is 40.2 Å². The topological polar surface area (TPSA) is 68.0 Å². The molecular formula is C22H24FN3O2S. The van der Waals surface area contributed by atoms with Crippen LogP contribution in [-0.2, 0) is 4.79 Å². The van der Waals surface area contributed by atoms with E-state index in [1.807, 2.05) is 18.2 Å². The lowest BCUT2D eigenvalue weighted by atomic mass is 9.92. The van der Waals surface area contributed by atoms with Crippen molar-refractivity contribution < 1.29 is 13.6 Å². The number of nitrogens with zero attached hydrogens (tertiary/aromatic N) is 2. The Morgan fingerprint density at radius 2 is 1.69 bits per heavy atom. The lowest BCUT2D eigenvalue weighted by Crippen LogP contribution is -2.17. The summed E-state index contributed by atoms with van der Waals surface area (Å²) in [6.07, 6.45) is 0. The molecular weight excluding hydrogens is 389 g/mol. The molecule has 152 valence electrons. The van der Waals surface area contributed by atoms with Crippen LogP contribution in [0, 0.1) is 5.82 Å². The van der Waals surface area contributed by atoms with Crippen LogP contribution in [0.1, 0.15) is 50.7 Å². The van der Waals surface area contributed by atoms with Gasteiger partial charge in [-0.3, -0.25) is 4.79 Å². The number of anilines is 1. The highest BCUT2D eigenvalue weighted by atomic mass is 32.2. The van der Waals surface area contributed by atoms with Crippen LogP contribution in [0.25, 0.3) is 11.5 Å². The molecule has 1 amide bonds. The van der Waals surface area contributed by atoms with Crippen LogP contribution in [0.2, 0.25) is 0 Å². The van der Waals surface area contributed by atoms with Gasteiger partial charge in [0.1, 0.15) is 5.82 Å². The molecule has 0 spiro atoms. The lowest BCUT2D eigenvalue weighted by Gasteiger charge is -2.20. The van der Waals surface area contributed by atoms with Gasteiger partial charge in [0.25, 0.3) is 11.1 Å². The van der Waals surface area contributed by atoms with Gasteiger partial charge < -0.3 is 9.73 Å². The maximum absolute atomic E-state index is 13.8. The zero-order valence-corrected chi connectivity index (χ0v) is 17.7. The third kappa shape index (κ3) is 5.03. The number of benzene rings is 2. The molecule has 0 aliphatic carbocycles. The number of halogens is 1.